The van der Waals surface area contributed by atoms with Crippen LogP contribution in [-0.4, -0.2) is 30.9 Å². The number of hydrogen-bond donors (Lipinski definition) is 1. The van der Waals surface area contributed by atoms with Gasteiger partial charge in [0.15, 0.2) is 0 Å². The lowest BCUT2D eigenvalue weighted by Crippen LogP contribution is -2.28. The zero-order valence-electron chi connectivity index (χ0n) is 14.8. The number of para-hydroxylation sites is 1. The Morgan fingerprint density at radius 2 is 1.89 bits per heavy atom. The first-order valence-corrected chi connectivity index (χ1v) is 9.00. The Morgan fingerprint density at radius 1 is 1.19 bits per heavy atom. The smallest absolute Gasteiger partial charge is 0.340 e. The second kappa shape index (κ2) is 8.22. The van der Waals surface area contributed by atoms with Gasteiger partial charge in [-0.25, -0.2) is 4.79 Å². The quantitative estimate of drug-likeness (QED) is 0.798. The molecular formula is C20H19ClN2O4. The molecule has 27 heavy (non-hydrogen) atoms. The summed E-state index contributed by atoms with van der Waals surface area (Å²) in [6.07, 6.45) is 0.107. The molecule has 6 nitrogen and oxygen atoms in total. The van der Waals surface area contributed by atoms with E-state index in [-0.39, 0.29) is 37.0 Å². The van der Waals surface area contributed by atoms with Crippen molar-refractivity contribution >= 4 is 40.8 Å². The van der Waals surface area contributed by atoms with Crippen LogP contribution in [0.3, 0.4) is 0 Å². The molecule has 0 radical (unpaired) electrons. The summed E-state index contributed by atoms with van der Waals surface area (Å²) in [5.41, 5.74) is 1.36. The SMILES string of the molecule is CCOC(=O)c1ccccc1NC(=O)[C@H]1CC(=O)N(c2ccc(Cl)cc2)C1. The molecule has 2 amide bonds. The maximum absolute atomic E-state index is 12.7. The topological polar surface area (TPSA) is 75.7 Å². The van der Waals surface area contributed by atoms with Gasteiger partial charge in [0.05, 0.1) is 23.8 Å². The molecule has 0 bridgehead atoms. The Kier molecular flexibility index (Phi) is 5.76. The minimum atomic E-state index is -0.511. The Morgan fingerprint density at radius 3 is 2.59 bits per heavy atom. The molecule has 2 aromatic rings. The van der Waals surface area contributed by atoms with Crippen LogP contribution in [-0.2, 0) is 14.3 Å². The molecule has 7 heteroatoms. The first-order valence-electron chi connectivity index (χ1n) is 8.62. The summed E-state index contributed by atoms with van der Waals surface area (Å²) < 4.78 is 5.01. The van der Waals surface area contributed by atoms with E-state index in [2.05, 4.69) is 5.32 Å². The van der Waals surface area contributed by atoms with Crippen molar-refractivity contribution in [3.8, 4) is 0 Å². The van der Waals surface area contributed by atoms with Gasteiger partial charge in [0.2, 0.25) is 11.8 Å². The standard InChI is InChI=1S/C20H19ClN2O4/c1-2-27-20(26)16-5-3-4-6-17(16)22-19(25)13-11-18(24)23(12-13)15-9-7-14(21)8-10-15/h3-10,13H,2,11-12H2,1H3,(H,22,25)/t13-/m0/s1. The van der Waals surface area contributed by atoms with Crippen molar-refractivity contribution in [2.45, 2.75) is 13.3 Å². The highest BCUT2D eigenvalue weighted by Gasteiger charge is 2.35. The third-order valence-corrected chi connectivity index (χ3v) is 4.57. The van der Waals surface area contributed by atoms with Gasteiger partial charge in [-0.15, -0.1) is 0 Å². The van der Waals surface area contributed by atoms with Crippen molar-refractivity contribution < 1.29 is 19.1 Å². The number of halogens is 1. The lowest BCUT2D eigenvalue weighted by Gasteiger charge is -2.17. The number of anilines is 2. The number of esters is 1. The largest absolute Gasteiger partial charge is 0.462 e. The predicted molar refractivity (Wildman–Crippen MR) is 103 cm³/mol. The van der Waals surface area contributed by atoms with Gasteiger partial charge in [-0.2, -0.15) is 0 Å². The first-order chi connectivity index (χ1) is 13.0. The Hall–Kier alpha value is -2.86. The number of benzene rings is 2. The van der Waals surface area contributed by atoms with Gasteiger partial charge in [0.25, 0.3) is 0 Å². The summed E-state index contributed by atoms with van der Waals surface area (Å²) in [4.78, 5) is 38.6. The number of ether oxygens (including phenoxy) is 1. The van der Waals surface area contributed by atoms with Crippen molar-refractivity contribution in [2.24, 2.45) is 5.92 Å². The molecule has 0 unspecified atom stereocenters. The third kappa shape index (κ3) is 4.28. The average Bonchev–Trinajstić information content (AvgIpc) is 3.05. The van der Waals surface area contributed by atoms with Crippen LogP contribution in [0, 0.1) is 5.92 Å². The van der Waals surface area contributed by atoms with Crippen LogP contribution in [0.4, 0.5) is 11.4 Å². The number of carbonyl (C=O) groups is 3. The van der Waals surface area contributed by atoms with Crippen LogP contribution >= 0.6 is 11.6 Å². The Bertz CT molecular complexity index is 867. The molecule has 1 saturated heterocycles. The molecule has 3 rings (SSSR count). The van der Waals surface area contributed by atoms with Crippen molar-refractivity contribution in [1.82, 2.24) is 0 Å². The third-order valence-electron chi connectivity index (χ3n) is 4.31. The second-order valence-corrected chi connectivity index (χ2v) is 6.57. The molecule has 0 saturated carbocycles. The van der Waals surface area contributed by atoms with E-state index in [9.17, 15) is 14.4 Å². The number of carbonyl (C=O) groups excluding carboxylic acids is 3. The summed E-state index contributed by atoms with van der Waals surface area (Å²) in [6, 6.07) is 13.5. The minimum Gasteiger partial charge on any atom is -0.462 e. The van der Waals surface area contributed by atoms with E-state index in [0.29, 0.717) is 16.4 Å². The number of rotatable bonds is 5. The number of nitrogens with zero attached hydrogens (tertiary/aromatic N) is 1. The van der Waals surface area contributed by atoms with Crippen LogP contribution in [0.2, 0.25) is 5.02 Å². The highest BCUT2D eigenvalue weighted by Crippen LogP contribution is 2.27. The van der Waals surface area contributed by atoms with Crippen molar-refractivity contribution in [1.29, 1.82) is 0 Å². The van der Waals surface area contributed by atoms with Gasteiger partial charge in [-0.1, -0.05) is 23.7 Å². The molecule has 1 aliphatic rings. The molecule has 0 spiro atoms. The Balaban J connectivity index is 1.72. The number of nitrogens with one attached hydrogen (secondary N) is 1. The van der Waals surface area contributed by atoms with Gasteiger partial charge in [0.1, 0.15) is 0 Å². The molecule has 1 aliphatic heterocycles. The highest BCUT2D eigenvalue weighted by atomic mass is 35.5. The van der Waals surface area contributed by atoms with Crippen LogP contribution in [0.15, 0.2) is 48.5 Å². The number of amides is 2. The van der Waals surface area contributed by atoms with Gasteiger partial charge in [-0.3, -0.25) is 9.59 Å². The number of hydrogen-bond acceptors (Lipinski definition) is 4. The summed E-state index contributed by atoms with van der Waals surface area (Å²) in [5.74, 6) is -1.45. The highest BCUT2D eigenvalue weighted by molar-refractivity contribution is 6.30. The maximum atomic E-state index is 12.7. The van der Waals surface area contributed by atoms with E-state index in [0.717, 1.165) is 0 Å². The van der Waals surface area contributed by atoms with E-state index in [1.54, 1.807) is 60.4 Å². The van der Waals surface area contributed by atoms with Gasteiger partial charge >= 0.3 is 5.97 Å². The first kappa shape index (κ1) is 18.9. The summed E-state index contributed by atoms with van der Waals surface area (Å²) in [6.45, 7) is 2.23. The van der Waals surface area contributed by atoms with Crippen LogP contribution in [0.1, 0.15) is 23.7 Å². The van der Waals surface area contributed by atoms with E-state index in [1.807, 2.05) is 0 Å². The van der Waals surface area contributed by atoms with Gasteiger partial charge < -0.3 is 15.0 Å². The van der Waals surface area contributed by atoms with Crippen molar-refractivity contribution in [3.63, 3.8) is 0 Å². The predicted octanol–water partition coefficient (Wildman–Crippen LogP) is 3.51. The molecule has 1 heterocycles. The van der Waals surface area contributed by atoms with Crippen LogP contribution < -0.4 is 10.2 Å². The second-order valence-electron chi connectivity index (χ2n) is 6.14. The van der Waals surface area contributed by atoms with E-state index >= 15 is 0 Å². The van der Waals surface area contributed by atoms with Gasteiger partial charge in [0, 0.05) is 23.7 Å². The van der Waals surface area contributed by atoms with Crippen molar-refractivity contribution in [2.75, 3.05) is 23.4 Å². The fraction of sp³-hybridized carbons (Fsp3) is 0.250. The molecule has 140 valence electrons. The van der Waals surface area contributed by atoms with Crippen LogP contribution in [0.5, 0.6) is 0 Å². The van der Waals surface area contributed by atoms with Gasteiger partial charge in [-0.05, 0) is 43.3 Å². The molecule has 1 N–H and O–H groups in total. The van der Waals surface area contributed by atoms with E-state index in [1.165, 1.54) is 0 Å². The van der Waals surface area contributed by atoms with E-state index < -0.39 is 11.9 Å². The lowest BCUT2D eigenvalue weighted by molar-refractivity contribution is -0.122. The monoisotopic (exact) mass is 386 g/mol. The maximum Gasteiger partial charge on any atom is 0.340 e. The zero-order valence-corrected chi connectivity index (χ0v) is 15.5. The molecule has 1 atom stereocenters. The van der Waals surface area contributed by atoms with Crippen molar-refractivity contribution in [3.05, 3.63) is 59.1 Å². The fourth-order valence-corrected chi connectivity index (χ4v) is 3.09. The zero-order chi connectivity index (χ0) is 19.4. The lowest BCUT2D eigenvalue weighted by atomic mass is 10.1. The van der Waals surface area contributed by atoms with Crippen LogP contribution in [0.25, 0.3) is 0 Å². The summed E-state index contributed by atoms with van der Waals surface area (Å²) in [7, 11) is 0. The normalized spacial score (nSPS) is 16.3. The molecule has 0 aliphatic carbocycles. The Labute approximate surface area is 162 Å². The fourth-order valence-electron chi connectivity index (χ4n) is 2.97. The molecular weight excluding hydrogens is 368 g/mol. The molecule has 1 fully saturated rings. The molecule has 0 aromatic heterocycles. The van der Waals surface area contributed by atoms with E-state index in [4.69, 9.17) is 16.3 Å². The summed E-state index contributed by atoms with van der Waals surface area (Å²) >= 11 is 5.88. The summed E-state index contributed by atoms with van der Waals surface area (Å²) in [5, 5.41) is 3.33. The average molecular weight is 387 g/mol. The minimum absolute atomic E-state index is 0.107. The molecule has 2 aromatic carbocycles.